The average molecular weight is 346 g/mol. The van der Waals surface area contributed by atoms with Crippen LogP contribution in [-0.4, -0.2) is 43.0 Å². The molecule has 0 spiro atoms. The Morgan fingerprint density at radius 3 is 2.64 bits per heavy atom. The minimum atomic E-state index is -2.60. The first-order valence-electron chi connectivity index (χ1n) is 8.16. The number of hydrogen-bond acceptors (Lipinski definition) is 3. The van der Waals surface area contributed by atoms with Gasteiger partial charge in [-0.05, 0) is 31.2 Å². The molecule has 132 valence electrons. The fourth-order valence-corrected chi connectivity index (χ4v) is 2.75. The molecular weight excluding hydrogens is 326 g/mol. The van der Waals surface area contributed by atoms with Crippen LogP contribution in [0.5, 0.6) is 0 Å². The Morgan fingerprint density at radius 2 is 1.92 bits per heavy atom. The molecule has 1 heterocycles. The molecule has 2 aromatic rings. The molecule has 1 aliphatic rings. The van der Waals surface area contributed by atoms with E-state index in [4.69, 9.17) is 4.74 Å². The summed E-state index contributed by atoms with van der Waals surface area (Å²) in [6.45, 7) is 2.32. The van der Waals surface area contributed by atoms with Crippen LogP contribution in [0.15, 0.2) is 48.5 Å². The van der Waals surface area contributed by atoms with Gasteiger partial charge in [-0.2, -0.15) is 0 Å². The smallest absolute Gasteiger partial charge is 0.266 e. The van der Waals surface area contributed by atoms with E-state index in [1.807, 2.05) is 37.3 Å². The number of carbonyl (C=O) groups excluding carboxylic acids is 1. The summed E-state index contributed by atoms with van der Waals surface area (Å²) in [7, 11) is 0. The Morgan fingerprint density at radius 1 is 1.20 bits per heavy atom. The topological polar surface area (TPSA) is 41.6 Å². The lowest BCUT2D eigenvalue weighted by Crippen LogP contribution is -2.48. The van der Waals surface area contributed by atoms with Crippen molar-refractivity contribution < 1.29 is 18.3 Å². The predicted octanol–water partition coefficient (Wildman–Crippen LogP) is 3.84. The van der Waals surface area contributed by atoms with E-state index in [-0.39, 0.29) is 19.1 Å². The molecule has 1 N–H and O–H groups in total. The SMILES string of the molecule is Cc1ccc(Nc2ccccc2C(=O)N2CCOC(C(F)F)C2)cc1. The molecule has 1 aliphatic heterocycles. The van der Waals surface area contributed by atoms with Crippen molar-refractivity contribution >= 4 is 17.3 Å². The van der Waals surface area contributed by atoms with Gasteiger partial charge in [0.25, 0.3) is 12.3 Å². The van der Waals surface area contributed by atoms with Crippen molar-refractivity contribution in [3.05, 3.63) is 59.7 Å². The van der Waals surface area contributed by atoms with E-state index in [2.05, 4.69) is 5.32 Å². The van der Waals surface area contributed by atoms with E-state index in [9.17, 15) is 13.6 Å². The second-order valence-electron chi connectivity index (χ2n) is 6.03. The first-order valence-corrected chi connectivity index (χ1v) is 8.16. The van der Waals surface area contributed by atoms with Crippen molar-refractivity contribution in [3.63, 3.8) is 0 Å². The zero-order valence-electron chi connectivity index (χ0n) is 13.9. The van der Waals surface area contributed by atoms with Gasteiger partial charge >= 0.3 is 0 Å². The van der Waals surface area contributed by atoms with Gasteiger partial charge in [0.2, 0.25) is 0 Å². The van der Waals surface area contributed by atoms with Crippen molar-refractivity contribution in [2.45, 2.75) is 19.5 Å². The molecule has 0 aromatic heterocycles. The summed E-state index contributed by atoms with van der Waals surface area (Å²) in [5.74, 6) is -0.274. The molecule has 0 saturated carbocycles. The molecule has 25 heavy (non-hydrogen) atoms. The van der Waals surface area contributed by atoms with Crippen LogP contribution < -0.4 is 5.32 Å². The average Bonchev–Trinajstić information content (AvgIpc) is 2.63. The molecular formula is C19H20F2N2O2. The van der Waals surface area contributed by atoms with Gasteiger partial charge in [-0.25, -0.2) is 8.78 Å². The Labute approximate surface area is 145 Å². The molecule has 6 heteroatoms. The van der Waals surface area contributed by atoms with Gasteiger partial charge in [0, 0.05) is 12.2 Å². The maximum Gasteiger partial charge on any atom is 0.266 e. The van der Waals surface area contributed by atoms with Gasteiger partial charge in [-0.3, -0.25) is 4.79 Å². The highest BCUT2D eigenvalue weighted by Crippen LogP contribution is 2.24. The molecule has 0 aliphatic carbocycles. The number of nitrogens with one attached hydrogen (secondary N) is 1. The highest BCUT2D eigenvalue weighted by Gasteiger charge is 2.31. The van der Waals surface area contributed by atoms with Crippen molar-refractivity contribution in [3.8, 4) is 0 Å². The lowest BCUT2D eigenvalue weighted by molar-refractivity contribution is -0.0942. The number of amides is 1. The highest BCUT2D eigenvalue weighted by molar-refractivity contribution is 6.00. The summed E-state index contributed by atoms with van der Waals surface area (Å²) in [5, 5.41) is 3.23. The number of alkyl halides is 2. The number of halogens is 2. The van der Waals surface area contributed by atoms with Crippen LogP contribution in [0.3, 0.4) is 0 Å². The standard InChI is InChI=1S/C19H20F2N2O2/c1-13-6-8-14(9-7-13)22-16-5-3-2-4-15(16)19(24)23-10-11-25-17(12-23)18(20)21/h2-9,17-18,22H,10-12H2,1H3. The summed E-state index contributed by atoms with van der Waals surface area (Å²) < 4.78 is 30.8. The lowest BCUT2D eigenvalue weighted by atomic mass is 10.1. The van der Waals surface area contributed by atoms with Crippen molar-refractivity contribution in [1.82, 2.24) is 4.90 Å². The number of rotatable bonds is 4. The lowest BCUT2D eigenvalue weighted by Gasteiger charge is -2.33. The van der Waals surface area contributed by atoms with Crippen molar-refractivity contribution in [2.24, 2.45) is 0 Å². The van der Waals surface area contributed by atoms with Crippen molar-refractivity contribution in [1.29, 1.82) is 0 Å². The van der Waals surface area contributed by atoms with Gasteiger partial charge in [0.15, 0.2) is 0 Å². The maximum absolute atomic E-state index is 12.9. The number of hydrogen-bond donors (Lipinski definition) is 1. The molecule has 0 radical (unpaired) electrons. The Bertz CT molecular complexity index is 734. The van der Waals surface area contributed by atoms with Crippen LogP contribution in [0.1, 0.15) is 15.9 Å². The summed E-state index contributed by atoms with van der Waals surface area (Å²) in [6, 6.07) is 14.9. The predicted molar refractivity (Wildman–Crippen MR) is 92.6 cm³/mol. The molecule has 2 aromatic carbocycles. The summed E-state index contributed by atoms with van der Waals surface area (Å²) >= 11 is 0. The minimum Gasteiger partial charge on any atom is -0.369 e. The number of morpholine rings is 1. The second kappa shape index (κ2) is 7.61. The quantitative estimate of drug-likeness (QED) is 0.914. The van der Waals surface area contributed by atoms with E-state index in [0.29, 0.717) is 17.8 Å². The third kappa shape index (κ3) is 4.14. The highest BCUT2D eigenvalue weighted by atomic mass is 19.3. The molecule has 1 saturated heterocycles. The zero-order valence-corrected chi connectivity index (χ0v) is 13.9. The first-order chi connectivity index (χ1) is 12.0. The van der Waals surface area contributed by atoms with E-state index >= 15 is 0 Å². The number of nitrogens with zero attached hydrogens (tertiary/aromatic N) is 1. The largest absolute Gasteiger partial charge is 0.369 e. The zero-order chi connectivity index (χ0) is 17.8. The Kier molecular flexibility index (Phi) is 5.28. The van der Waals surface area contributed by atoms with Crippen molar-refractivity contribution in [2.75, 3.05) is 25.0 Å². The van der Waals surface area contributed by atoms with Crippen LogP contribution in [0.2, 0.25) is 0 Å². The number of benzene rings is 2. The van der Waals surface area contributed by atoms with Gasteiger partial charge in [-0.15, -0.1) is 0 Å². The van der Waals surface area contributed by atoms with Crippen LogP contribution in [0.4, 0.5) is 20.2 Å². The number of ether oxygens (including phenoxy) is 1. The third-order valence-corrected chi connectivity index (χ3v) is 4.15. The van der Waals surface area contributed by atoms with Gasteiger partial charge in [0.1, 0.15) is 6.10 Å². The fourth-order valence-electron chi connectivity index (χ4n) is 2.75. The van der Waals surface area contributed by atoms with Crippen LogP contribution in [0, 0.1) is 6.92 Å². The van der Waals surface area contributed by atoms with E-state index in [1.54, 1.807) is 18.2 Å². The Hall–Kier alpha value is -2.47. The monoisotopic (exact) mass is 346 g/mol. The number of carbonyl (C=O) groups is 1. The van der Waals surface area contributed by atoms with Gasteiger partial charge in [-0.1, -0.05) is 29.8 Å². The number of anilines is 2. The summed E-state index contributed by atoms with van der Waals surface area (Å²) in [4.78, 5) is 14.2. The summed E-state index contributed by atoms with van der Waals surface area (Å²) in [6.07, 6.45) is -3.83. The van der Waals surface area contributed by atoms with Crippen LogP contribution in [-0.2, 0) is 4.74 Å². The van der Waals surface area contributed by atoms with E-state index < -0.39 is 12.5 Å². The fraction of sp³-hybridized carbons (Fsp3) is 0.316. The number of para-hydroxylation sites is 1. The molecule has 3 rings (SSSR count). The minimum absolute atomic E-state index is 0.102. The molecule has 1 atom stereocenters. The van der Waals surface area contributed by atoms with E-state index in [0.717, 1.165) is 11.3 Å². The summed E-state index contributed by atoms with van der Waals surface area (Å²) in [5.41, 5.74) is 3.11. The maximum atomic E-state index is 12.9. The van der Waals surface area contributed by atoms with Gasteiger partial charge in [0.05, 0.1) is 24.4 Å². The van der Waals surface area contributed by atoms with Crippen LogP contribution in [0.25, 0.3) is 0 Å². The Balaban J connectivity index is 1.80. The van der Waals surface area contributed by atoms with E-state index in [1.165, 1.54) is 4.90 Å². The molecule has 1 amide bonds. The first kappa shape index (κ1) is 17.4. The van der Waals surface area contributed by atoms with Gasteiger partial charge < -0.3 is 15.0 Å². The molecule has 4 nitrogen and oxygen atoms in total. The third-order valence-electron chi connectivity index (χ3n) is 4.15. The normalized spacial score (nSPS) is 17.6. The van der Waals surface area contributed by atoms with Crippen LogP contribution >= 0.6 is 0 Å². The molecule has 0 bridgehead atoms. The second-order valence-corrected chi connectivity index (χ2v) is 6.03. The number of aryl methyl sites for hydroxylation is 1. The molecule has 1 fully saturated rings. The molecule has 1 unspecified atom stereocenters.